The third kappa shape index (κ3) is 13.6. The summed E-state index contributed by atoms with van der Waals surface area (Å²) in [7, 11) is 0. The molecule has 1 N–H and O–H groups in total. The Hall–Kier alpha value is -2.24. The molecule has 0 bridgehead atoms. The number of carbonyl (C=O) groups excluding carboxylic acids is 2. The van der Waals surface area contributed by atoms with Gasteiger partial charge in [-0.2, -0.15) is 0 Å². The maximum atomic E-state index is 11.9. The Morgan fingerprint density at radius 2 is 1.55 bits per heavy atom. The van der Waals surface area contributed by atoms with Crippen molar-refractivity contribution in [1.82, 2.24) is 5.32 Å². The van der Waals surface area contributed by atoms with E-state index < -0.39 is 11.2 Å². The number of unbranched alkanes of at least 4 members (excludes halogenated alkanes) is 3. The van der Waals surface area contributed by atoms with E-state index in [1.54, 1.807) is 0 Å². The van der Waals surface area contributed by atoms with Crippen LogP contribution in [0.3, 0.4) is 0 Å². The Morgan fingerprint density at radius 3 is 2.21 bits per heavy atom. The second kappa shape index (κ2) is 11.7. The van der Waals surface area contributed by atoms with Crippen molar-refractivity contribution in [2.45, 2.75) is 84.8 Å². The Labute approximate surface area is 175 Å². The van der Waals surface area contributed by atoms with Gasteiger partial charge in [0.2, 0.25) is 0 Å². The lowest BCUT2D eigenvalue weighted by atomic mass is 10.1. The van der Waals surface area contributed by atoms with Crippen molar-refractivity contribution in [3.8, 4) is 5.75 Å². The van der Waals surface area contributed by atoms with E-state index in [1.807, 2.05) is 65.8 Å². The maximum absolute atomic E-state index is 11.9. The van der Waals surface area contributed by atoms with Crippen LogP contribution in [-0.2, 0) is 20.7 Å². The van der Waals surface area contributed by atoms with Gasteiger partial charge < -0.3 is 19.5 Å². The summed E-state index contributed by atoms with van der Waals surface area (Å²) >= 11 is 0. The van der Waals surface area contributed by atoms with Gasteiger partial charge in [0, 0.05) is 6.54 Å². The van der Waals surface area contributed by atoms with Crippen LogP contribution < -0.4 is 10.1 Å². The van der Waals surface area contributed by atoms with Crippen molar-refractivity contribution >= 4 is 12.1 Å². The van der Waals surface area contributed by atoms with Crippen molar-refractivity contribution in [3.05, 3.63) is 29.8 Å². The van der Waals surface area contributed by atoms with E-state index in [4.69, 9.17) is 14.2 Å². The molecule has 1 rings (SSSR count). The van der Waals surface area contributed by atoms with Crippen LogP contribution in [0.15, 0.2) is 24.3 Å². The molecule has 0 aliphatic rings. The van der Waals surface area contributed by atoms with E-state index in [1.165, 1.54) is 0 Å². The molecule has 6 nitrogen and oxygen atoms in total. The van der Waals surface area contributed by atoms with Crippen LogP contribution >= 0.6 is 0 Å². The first kappa shape index (κ1) is 24.8. The number of esters is 1. The van der Waals surface area contributed by atoms with Gasteiger partial charge in [0.15, 0.2) is 0 Å². The van der Waals surface area contributed by atoms with Gasteiger partial charge in [0.25, 0.3) is 0 Å². The first-order valence-electron chi connectivity index (χ1n) is 10.3. The van der Waals surface area contributed by atoms with Crippen LogP contribution in [0.5, 0.6) is 5.75 Å². The third-order valence-corrected chi connectivity index (χ3v) is 3.67. The number of hydrogen-bond donors (Lipinski definition) is 1. The average Bonchev–Trinajstić information content (AvgIpc) is 2.54. The molecular formula is C23H37NO5. The van der Waals surface area contributed by atoms with Crippen LogP contribution in [0.4, 0.5) is 4.79 Å². The maximum Gasteiger partial charge on any atom is 0.407 e. The minimum atomic E-state index is -0.479. The molecule has 0 spiro atoms. The van der Waals surface area contributed by atoms with Gasteiger partial charge in [0.05, 0.1) is 13.0 Å². The Bertz CT molecular complexity index is 643. The fraction of sp³-hybridized carbons (Fsp3) is 0.652. The van der Waals surface area contributed by atoms with Gasteiger partial charge in [-0.05, 0) is 72.1 Å². The molecule has 0 radical (unpaired) electrons. The zero-order valence-corrected chi connectivity index (χ0v) is 18.8. The van der Waals surface area contributed by atoms with E-state index in [0.717, 1.165) is 37.0 Å². The van der Waals surface area contributed by atoms with Crippen molar-refractivity contribution in [2.75, 3.05) is 13.2 Å². The molecule has 164 valence electrons. The lowest BCUT2D eigenvalue weighted by molar-refractivity contribution is -0.153. The number of amides is 1. The molecule has 29 heavy (non-hydrogen) atoms. The molecule has 1 aromatic carbocycles. The smallest absolute Gasteiger partial charge is 0.407 e. The number of ether oxygens (including phenoxy) is 3. The van der Waals surface area contributed by atoms with E-state index >= 15 is 0 Å². The zero-order valence-electron chi connectivity index (χ0n) is 18.8. The fourth-order valence-corrected chi connectivity index (χ4v) is 2.56. The summed E-state index contributed by atoms with van der Waals surface area (Å²) in [6, 6.07) is 7.56. The second-order valence-corrected chi connectivity index (χ2v) is 9.10. The number of nitrogens with one attached hydrogen (secondary N) is 1. The lowest BCUT2D eigenvalue weighted by Gasteiger charge is -2.19. The molecule has 0 fully saturated rings. The summed E-state index contributed by atoms with van der Waals surface area (Å²) in [6.07, 6.45) is 3.74. The van der Waals surface area contributed by atoms with E-state index in [2.05, 4.69) is 5.32 Å². The predicted molar refractivity (Wildman–Crippen MR) is 114 cm³/mol. The van der Waals surface area contributed by atoms with Gasteiger partial charge in [0.1, 0.15) is 17.0 Å². The largest absolute Gasteiger partial charge is 0.494 e. The van der Waals surface area contributed by atoms with E-state index in [-0.39, 0.29) is 18.5 Å². The SMILES string of the molecule is CC(C)(C)OC(=O)Cc1cccc(OCCCCCCNC(=O)OC(C)(C)C)c1. The van der Waals surface area contributed by atoms with Crippen LogP contribution in [0.25, 0.3) is 0 Å². The number of alkyl carbamates (subject to hydrolysis) is 1. The van der Waals surface area contributed by atoms with Gasteiger partial charge >= 0.3 is 12.1 Å². The summed E-state index contributed by atoms with van der Waals surface area (Å²) in [5.74, 6) is 0.521. The van der Waals surface area contributed by atoms with E-state index in [0.29, 0.717) is 13.2 Å². The third-order valence-electron chi connectivity index (χ3n) is 3.67. The predicted octanol–water partition coefficient (Wildman–Crippen LogP) is 5.03. The van der Waals surface area contributed by atoms with Gasteiger partial charge in [-0.25, -0.2) is 4.79 Å². The first-order chi connectivity index (χ1) is 13.4. The molecule has 0 unspecified atom stereocenters. The summed E-state index contributed by atoms with van der Waals surface area (Å²) in [5, 5.41) is 2.76. The van der Waals surface area contributed by atoms with Gasteiger partial charge in [-0.3, -0.25) is 4.79 Å². The first-order valence-corrected chi connectivity index (χ1v) is 10.3. The highest BCUT2D eigenvalue weighted by Gasteiger charge is 2.17. The molecule has 0 aromatic heterocycles. The highest BCUT2D eigenvalue weighted by atomic mass is 16.6. The van der Waals surface area contributed by atoms with Crippen molar-refractivity contribution in [3.63, 3.8) is 0 Å². The summed E-state index contributed by atoms with van der Waals surface area (Å²) in [4.78, 5) is 23.5. The minimum absolute atomic E-state index is 0.235. The molecular weight excluding hydrogens is 370 g/mol. The Morgan fingerprint density at radius 1 is 0.897 bits per heavy atom. The van der Waals surface area contributed by atoms with Crippen LogP contribution in [0.1, 0.15) is 72.8 Å². The summed E-state index contributed by atoms with van der Waals surface area (Å²) < 4.78 is 16.3. The summed E-state index contributed by atoms with van der Waals surface area (Å²) in [6.45, 7) is 12.4. The van der Waals surface area contributed by atoms with Crippen LogP contribution in [-0.4, -0.2) is 36.4 Å². The number of hydrogen-bond acceptors (Lipinski definition) is 5. The molecule has 0 saturated carbocycles. The number of benzene rings is 1. The number of rotatable bonds is 10. The molecule has 0 atom stereocenters. The fourth-order valence-electron chi connectivity index (χ4n) is 2.56. The normalized spacial score (nSPS) is 11.7. The Kier molecular flexibility index (Phi) is 9.99. The molecule has 0 saturated heterocycles. The molecule has 6 heteroatoms. The molecule has 0 heterocycles. The standard InChI is InChI=1S/C23H37NO5/c1-22(2,3)28-20(25)17-18-12-11-13-19(16-18)27-15-10-8-7-9-14-24-21(26)29-23(4,5)6/h11-13,16H,7-10,14-15,17H2,1-6H3,(H,24,26). The molecule has 0 aliphatic carbocycles. The second-order valence-electron chi connectivity index (χ2n) is 9.10. The van der Waals surface area contributed by atoms with E-state index in [9.17, 15) is 9.59 Å². The average molecular weight is 408 g/mol. The van der Waals surface area contributed by atoms with Gasteiger partial charge in [-0.1, -0.05) is 25.0 Å². The van der Waals surface area contributed by atoms with Crippen LogP contribution in [0, 0.1) is 0 Å². The lowest BCUT2D eigenvalue weighted by Crippen LogP contribution is -2.32. The van der Waals surface area contributed by atoms with Crippen molar-refractivity contribution in [2.24, 2.45) is 0 Å². The topological polar surface area (TPSA) is 73.9 Å². The Balaban J connectivity index is 2.17. The number of carbonyl (C=O) groups is 2. The van der Waals surface area contributed by atoms with Crippen LogP contribution in [0.2, 0.25) is 0 Å². The quantitative estimate of drug-likeness (QED) is 0.435. The van der Waals surface area contributed by atoms with Crippen molar-refractivity contribution in [1.29, 1.82) is 0 Å². The molecule has 1 amide bonds. The minimum Gasteiger partial charge on any atom is -0.494 e. The highest BCUT2D eigenvalue weighted by Crippen LogP contribution is 2.16. The zero-order chi connectivity index (χ0) is 21.9. The highest BCUT2D eigenvalue weighted by molar-refractivity contribution is 5.73. The molecule has 0 aliphatic heterocycles. The summed E-state index contributed by atoms with van der Waals surface area (Å²) in [5.41, 5.74) is -0.0656. The van der Waals surface area contributed by atoms with Gasteiger partial charge in [-0.15, -0.1) is 0 Å². The monoisotopic (exact) mass is 407 g/mol. The van der Waals surface area contributed by atoms with Crippen molar-refractivity contribution < 1.29 is 23.8 Å². The molecule has 1 aromatic rings.